The van der Waals surface area contributed by atoms with Crippen LogP contribution < -0.4 is 4.90 Å². The highest BCUT2D eigenvalue weighted by atomic mass is 35.5. The van der Waals surface area contributed by atoms with Crippen LogP contribution in [-0.2, 0) is 6.18 Å². The predicted molar refractivity (Wildman–Crippen MR) is 105 cm³/mol. The molecule has 0 unspecified atom stereocenters. The molecule has 0 N–H and O–H groups in total. The smallest absolute Gasteiger partial charge is 0.333 e. The Kier molecular flexibility index (Phi) is 6.61. The summed E-state index contributed by atoms with van der Waals surface area (Å²) in [5.74, 6) is 0. The predicted octanol–water partition coefficient (Wildman–Crippen LogP) is 6.20. The highest BCUT2D eigenvalue weighted by Gasteiger charge is 2.42. The van der Waals surface area contributed by atoms with Crippen LogP contribution >= 0.6 is 23.2 Å². The van der Waals surface area contributed by atoms with Gasteiger partial charge in [0.1, 0.15) is 5.69 Å². The molecule has 0 amide bonds. The van der Waals surface area contributed by atoms with Gasteiger partial charge < -0.3 is 4.90 Å². The van der Waals surface area contributed by atoms with E-state index in [1.807, 2.05) is 0 Å². The van der Waals surface area contributed by atoms with E-state index in [4.69, 9.17) is 23.2 Å². The highest BCUT2D eigenvalue weighted by Crippen LogP contribution is 2.50. The zero-order valence-corrected chi connectivity index (χ0v) is 17.1. The van der Waals surface area contributed by atoms with Crippen molar-refractivity contribution in [2.75, 3.05) is 11.4 Å². The molecular weight excluding hydrogens is 472 g/mol. The van der Waals surface area contributed by atoms with Crippen LogP contribution in [0, 0.1) is 37.3 Å². The van der Waals surface area contributed by atoms with Crippen LogP contribution in [0.1, 0.15) is 18.1 Å². The van der Waals surface area contributed by atoms with E-state index in [0.29, 0.717) is 6.07 Å². The summed E-state index contributed by atoms with van der Waals surface area (Å²) in [6.07, 6.45) is -5.23. The molecule has 2 aromatic carbocycles. The van der Waals surface area contributed by atoms with Crippen molar-refractivity contribution in [2.45, 2.75) is 20.0 Å². The number of halogens is 5. The van der Waals surface area contributed by atoms with Crippen LogP contribution in [-0.4, -0.2) is 21.3 Å². The second kappa shape index (κ2) is 8.51. The summed E-state index contributed by atoms with van der Waals surface area (Å²) in [4.78, 5) is 31.3. The Hall–Kier alpha value is -3.19. The Morgan fingerprint density at radius 3 is 1.90 bits per heavy atom. The molecule has 166 valence electrons. The summed E-state index contributed by atoms with van der Waals surface area (Å²) >= 11 is 12.2. The van der Waals surface area contributed by atoms with Crippen molar-refractivity contribution in [2.24, 2.45) is 0 Å². The molecule has 0 fully saturated rings. The maximum absolute atomic E-state index is 13.8. The fraction of sp³-hybridized carbons (Fsp3) is 0.250. The van der Waals surface area contributed by atoms with Gasteiger partial charge in [-0.15, -0.1) is 0 Å². The largest absolute Gasteiger partial charge is 0.418 e. The monoisotopic (exact) mass is 482 g/mol. The SMILES string of the molecule is CCN(c1c([N+](=O)[O-])cc([N+](=O)[O-])cc1C(F)(F)F)c1c(Cl)cc([N+](=O)[O-])c(C)c1Cl. The molecule has 0 bridgehead atoms. The lowest BCUT2D eigenvalue weighted by atomic mass is 10.1. The van der Waals surface area contributed by atoms with E-state index in [-0.39, 0.29) is 23.9 Å². The molecule has 31 heavy (non-hydrogen) atoms. The van der Waals surface area contributed by atoms with E-state index in [0.717, 1.165) is 11.0 Å². The van der Waals surface area contributed by atoms with Crippen molar-refractivity contribution in [3.8, 4) is 0 Å². The minimum Gasteiger partial charge on any atom is -0.333 e. The van der Waals surface area contributed by atoms with Crippen LogP contribution in [0.15, 0.2) is 18.2 Å². The standard InChI is InChI=1S/C16H11Cl2F3N4O6/c1-3-22(15-10(17)6-11(24(28)29)7(2)13(15)18)14-9(16(19,20)21)4-8(23(26)27)5-12(14)25(30)31/h4-6H,3H2,1-2H3. The van der Waals surface area contributed by atoms with Crippen molar-refractivity contribution in [1.82, 2.24) is 0 Å². The molecule has 2 rings (SSSR count). The van der Waals surface area contributed by atoms with Gasteiger partial charge in [-0.3, -0.25) is 30.3 Å². The number of anilines is 2. The molecule has 0 aliphatic heterocycles. The molecule has 0 saturated carbocycles. The maximum atomic E-state index is 13.8. The Morgan fingerprint density at radius 2 is 1.48 bits per heavy atom. The van der Waals surface area contributed by atoms with Gasteiger partial charge in [-0.05, 0) is 13.8 Å². The van der Waals surface area contributed by atoms with Gasteiger partial charge >= 0.3 is 6.18 Å². The zero-order valence-electron chi connectivity index (χ0n) is 15.6. The third-order valence-corrected chi connectivity index (χ3v) is 5.00. The molecule has 0 aromatic heterocycles. The van der Waals surface area contributed by atoms with Gasteiger partial charge in [-0.2, -0.15) is 13.2 Å². The van der Waals surface area contributed by atoms with Crippen LogP contribution in [0.5, 0.6) is 0 Å². The van der Waals surface area contributed by atoms with E-state index in [1.165, 1.54) is 13.8 Å². The van der Waals surface area contributed by atoms with E-state index in [9.17, 15) is 43.5 Å². The molecule has 10 nitrogen and oxygen atoms in total. The molecule has 2 aromatic rings. The number of nitro groups is 3. The summed E-state index contributed by atoms with van der Waals surface area (Å²) in [6, 6.07) is 1.39. The summed E-state index contributed by atoms with van der Waals surface area (Å²) in [7, 11) is 0. The second-order valence-corrected chi connectivity index (χ2v) is 6.82. The Morgan fingerprint density at radius 1 is 0.935 bits per heavy atom. The van der Waals surface area contributed by atoms with Crippen molar-refractivity contribution in [1.29, 1.82) is 0 Å². The minimum absolute atomic E-state index is 0.136. The van der Waals surface area contributed by atoms with Gasteiger partial charge in [0.15, 0.2) is 0 Å². The fourth-order valence-corrected chi connectivity index (χ4v) is 3.55. The minimum atomic E-state index is -5.23. The first-order chi connectivity index (χ1) is 14.2. The fourth-order valence-electron chi connectivity index (χ4n) is 2.91. The molecule has 0 atom stereocenters. The van der Waals surface area contributed by atoms with Crippen molar-refractivity contribution in [3.05, 3.63) is 69.7 Å². The number of hydrogen-bond acceptors (Lipinski definition) is 7. The molecule has 0 aliphatic carbocycles. The lowest BCUT2D eigenvalue weighted by Crippen LogP contribution is -2.23. The van der Waals surface area contributed by atoms with E-state index < -0.39 is 59.3 Å². The second-order valence-electron chi connectivity index (χ2n) is 6.04. The average molecular weight is 483 g/mol. The van der Waals surface area contributed by atoms with Gasteiger partial charge in [0.05, 0.1) is 42.1 Å². The summed E-state index contributed by atoms with van der Waals surface area (Å²) in [5, 5.41) is 32.9. The van der Waals surface area contributed by atoms with Crippen molar-refractivity contribution < 1.29 is 27.9 Å². The van der Waals surface area contributed by atoms with Crippen LogP contribution in [0.2, 0.25) is 10.0 Å². The molecule has 15 heteroatoms. The summed E-state index contributed by atoms with van der Waals surface area (Å²) in [5.41, 5.74) is -6.06. The third kappa shape index (κ3) is 4.46. The maximum Gasteiger partial charge on any atom is 0.418 e. The molecule has 0 spiro atoms. The topological polar surface area (TPSA) is 133 Å². The summed E-state index contributed by atoms with van der Waals surface area (Å²) < 4.78 is 41.3. The lowest BCUT2D eigenvalue weighted by molar-refractivity contribution is -0.394. The number of rotatable bonds is 6. The molecular formula is C16H11Cl2F3N4O6. The van der Waals surface area contributed by atoms with Crippen molar-refractivity contribution in [3.63, 3.8) is 0 Å². The van der Waals surface area contributed by atoms with Gasteiger partial charge in [-0.25, -0.2) is 0 Å². The zero-order chi connectivity index (χ0) is 23.8. The highest BCUT2D eigenvalue weighted by molar-refractivity contribution is 6.40. The number of nitro benzene ring substituents is 3. The number of nitrogens with zero attached hydrogens (tertiary/aromatic N) is 4. The van der Waals surface area contributed by atoms with Gasteiger partial charge in [0, 0.05) is 24.2 Å². The number of non-ortho nitro benzene ring substituents is 1. The number of alkyl halides is 3. The van der Waals surface area contributed by atoms with Gasteiger partial charge in [-0.1, -0.05) is 23.2 Å². The number of hydrogen-bond donors (Lipinski definition) is 0. The van der Waals surface area contributed by atoms with Crippen LogP contribution in [0.25, 0.3) is 0 Å². The van der Waals surface area contributed by atoms with E-state index in [2.05, 4.69) is 0 Å². The van der Waals surface area contributed by atoms with Gasteiger partial charge in [0.25, 0.3) is 17.1 Å². The van der Waals surface area contributed by atoms with Crippen LogP contribution in [0.4, 0.5) is 41.6 Å². The number of benzene rings is 2. The molecule has 0 radical (unpaired) electrons. The first-order valence-corrected chi connectivity index (χ1v) is 8.92. The Labute approximate surface area is 181 Å². The average Bonchev–Trinajstić information content (AvgIpc) is 2.65. The molecule has 0 heterocycles. The van der Waals surface area contributed by atoms with Gasteiger partial charge in [0.2, 0.25) is 0 Å². The lowest BCUT2D eigenvalue weighted by Gasteiger charge is -2.28. The first kappa shape index (κ1) is 24.1. The third-order valence-electron chi connectivity index (χ3n) is 4.25. The first-order valence-electron chi connectivity index (χ1n) is 8.16. The normalized spacial score (nSPS) is 11.3. The van der Waals surface area contributed by atoms with E-state index >= 15 is 0 Å². The van der Waals surface area contributed by atoms with E-state index in [1.54, 1.807) is 0 Å². The quantitative estimate of drug-likeness (QED) is 0.353. The van der Waals surface area contributed by atoms with Crippen LogP contribution in [0.3, 0.4) is 0 Å². The summed E-state index contributed by atoms with van der Waals surface area (Å²) in [6.45, 7) is 2.20. The Balaban J connectivity index is 3.00. The van der Waals surface area contributed by atoms with Crippen molar-refractivity contribution >= 4 is 51.6 Å². The molecule has 0 aliphatic rings. The Bertz CT molecular complexity index is 1110. The molecule has 0 saturated heterocycles.